The number of aliphatic carboxylic acids is 2. The Morgan fingerprint density at radius 2 is 1.01 bits per heavy atom. The van der Waals surface area contributed by atoms with Crippen LogP contribution in [-0.4, -0.2) is 171 Å². The molecule has 1 aromatic carbocycles. The van der Waals surface area contributed by atoms with E-state index in [9.17, 15) is 78.0 Å². The highest BCUT2D eigenvalue weighted by Gasteiger charge is 2.38. The van der Waals surface area contributed by atoms with E-state index in [1.54, 1.807) is 58.0 Å². The molecule has 0 aromatic heterocycles. The minimum Gasteiger partial charge on any atom is -0.481 e. The fourth-order valence-corrected chi connectivity index (χ4v) is 7.47. The van der Waals surface area contributed by atoms with E-state index in [2.05, 4.69) is 47.9 Å². The molecule has 0 saturated heterocycles. The van der Waals surface area contributed by atoms with Gasteiger partial charge in [-0.05, 0) is 69.4 Å². The second-order valence-corrected chi connectivity index (χ2v) is 19.7. The molecule has 438 valence electrons. The maximum atomic E-state index is 14.2. The van der Waals surface area contributed by atoms with E-state index in [0.29, 0.717) is 18.4 Å². The summed E-state index contributed by atoms with van der Waals surface area (Å²) in [5.74, 6) is -14.4. The van der Waals surface area contributed by atoms with E-state index < -0.39 is 168 Å². The third kappa shape index (κ3) is 23.9. The molecule has 1 rings (SSSR count). The molecule has 0 unspecified atom stereocenters. The van der Waals surface area contributed by atoms with Gasteiger partial charge in [-0.15, -0.1) is 0 Å². The van der Waals surface area contributed by atoms with Crippen LogP contribution in [0.3, 0.4) is 0 Å². The number of nitrogens with two attached hydrogens (primary N) is 3. The van der Waals surface area contributed by atoms with Crippen molar-refractivity contribution in [2.45, 2.75) is 173 Å². The zero-order chi connectivity index (χ0) is 59.6. The standard InChI is InChI=1S/C50H82N12O16/c1-9-26(6)39(61-49(76)40(28(8)64)62-43(70)31(17-13-14-20-51)55-42(69)30(52)18-19-35(53)65)48(75)57-32(21-29-15-11-10-12-16-29)44(71)58-34(23-63)46(73)54-27(7)41(68)56-33(22-36(66)67)45(72)59-37(24(2)3)47(74)60-38(25(4)5)50(77)78/h10-12,15-16,24-28,30-34,37-40,63-64H,9,13-14,17-23,51-52H2,1-8H3,(H2,53,65)(H,54,73)(H,55,69)(H,56,68)(H,57,75)(H,58,71)(H,59,72)(H,60,74)(H,61,76)(H,62,70)(H,66,67)(H,77,78)/t26-,27-,28+,30-,31-,32-,33-,34-,37-,38-,39-,40-/m0/s1. The van der Waals surface area contributed by atoms with Crippen molar-refractivity contribution in [1.82, 2.24) is 47.9 Å². The second kappa shape index (κ2) is 34.5. The van der Waals surface area contributed by atoms with Crippen molar-refractivity contribution in [1.29, 1.82) is 0 Å². The van der Waals surface area contributed by atoms with Crippen LogP contribution in [0.2, 0.25) is 0 Å². The van der Waals surface area contributed by atoms with Gasteiger partial charge in [0.2, 0.25) is 59.1 Å². The maximum absolute atomic E-state index is 14.2. The number of carboxylic acid groups (broad SMARTS) is 2. The van der Waals surface area contributed by atoms with Gasteiger partial charge in [-0.25, -0.2) is 4.79 Å². The number of unbranched alkanes of at least 4 members (excludes halogenated alkanes) is 1. The van der Waals surface area contributed by atoms with E-state index in [1.807, 2.05) is 0 Å². The van der Waals surface area contributed by atoms with Crippen LogP contribution in [0.15, 0.2) is 30.3 Å². The van der Waals surface area contributed by atoms with E-state index >= 15 is 0 Å². The normalized spacial score (nSPS) is 15.8. The Morgan fingerprint density at radius 1 is 0.538 bits per heavy atom. The number of hydrogen-bond acceptors (Lipinski definition) is 16. The number of rotatable bonds is 36. The van der Waals surface area contributed by atoms with Crippen molar-refractivity contribution in [3.63, 3.8) is 0 Å². The highest BCUT2D eigenvalue weighted by Crippen LogP contribution is 2.13. The molecular formula is C50H82N12O16. The molecule has 1 aromatic rings. The summed E-state index contributed by atoms with van der Waals surface area (Å²) in [6, 6.07) is -6.77. The Labute approximate surface area is 453 Å². The molecule has 0 radical (unpaired) electrons. The maximum Gasteiger partial charge on any atom is 0.326 e. The van der Waals surface area contributed by atoms with Crippen LogP contribution in [0.4, 0.5) is 0 Å². The first kappa shape index (κ1) is 68.7. The van der Waals surface area contributed by atoms with Gasteiger partial charge in [-0.2, -0.15) is 0 Å². The first-order valence-electron chi connectivity index (χ1n) is 25.7. The van der Waals surface area contributed by atoms with Crippen molar-refractivity contribution >= 4 is 71.0 Å². The molecular weight excluding hydrogens is 1020 g/mol. The SMILES string of the molecule is CC[C@H](C)[C@H](NC(=O)[C@@H](NC(=O)[C@H](CCCCN)NC(=O)[C@@H](N)CCC(N)=O)[C@@H](C)O)C(=O)N[C@@H](Cc1ccccc1)C(=O)N[C@@H](CO)C(=O)N[C@@H](C)C(=O)N[C@@H](CC(=O)O)C(=O)N[C@H](C(=O)N[C@H](C(=O)O)C(C)C)C(C)C. The van der Waals surface area contributed by atoms with Crippen molar-refractivity contribution in [2.75, 3.05) is 13.2 Å². The lowest BCUT2D eigenvalue weighted by molar-refractivity contribution is -0.144. The summed E-state index contributed by atoms with van der Waals surface area (Å²) < 4.78 is 0. The number of hydrogen-bond donors (Lipinski definition) is 16. The molecule has 0 fully saturated rings. The largest absolute Gasteiger partial charge is 0.481 e. The summed E-state index contributed by atoms with van der Waals surface area (Å²) in [6.45, 7) is 11.0. The van der Waals surface area contributed by atoms with Crippen molar-refractivity contribution in [3.05, 3.63) is 35.9 Å². The number of primary amides is 1. The third-order valence-electron chi connectivity index (χ3n) is 12.4. The number of carbonyl (C=O) groups excluding carboxylic acids is 10. The summed E-state index contributed by atoms with van der Waals surface area (Å²) >= 11 is 0. The van der Waals surface area contributed by atoms with Crippen LogP contribution >= 0.6 is 0 Å². The Bertz CT molecular complexity index is 2220. The van der Waals surface area contributed by atoms with Crippen LogP contribution in [0.5, 0.6) is 0 Å². The van der Waals surface area contributed by atoms with Crippen molar-refractivity contribution < 1.29 is 78.0 Å². The van der Waals surface area contributed by atoms with Crippen LogP contribution < -0.4 is 65.1 Å². The van der Waals surface area contributed by atoms with Gasteiger partial charge in [0.05, 0.1) is 25.2 Å². The lowest BCUT2D eigenvalue weighted by Crippen LogP contribution is -2.63. The minimum absolute atomic E-state index is 0.0405. The van der Waals surface area contributed by atoms with Crippen molar-refractivity contribution in [3.8, 4) is 0 Å². The summed E-state index contributed by atoms with van der Waals surface area (Å²) in [5, 5.41) is 61.7. The zero-order valence-electron chi connectivity index (χ0n) is 45.5. The molecule has 28 heteroatoms. The molecule has 0 saturated carbocycles. The lowest BCUT2D eigenvalue weighted by Gasteiger charge is -2.30. The van der Waals surface area contributed by atoms with E-state index in [-0.39, 0.29) is 38.6 Å². The van der Waals surface area contributed by atoms with Gasteiger partial charge in [0.1, 0.15) is 54.4 Å². The molecule has 28 nitrogen and oxygen atoms in total. The van der Waals surface area contributed by atoms with Crippen LogP contribution in [0, 0.1) is 17.8 Å². The predicted molar refractivity (Wildman–Crippen MR) is 280 cm³/mol. The summed E-state index contributed by atoms with van der Waals surface area (Å²) in [7, 11) is 0. The lowest BCUT2D eigenvalue weighted by atomic mass is 9.96. The number of benzene rings is 1. The summed E-state index contributed by atoms with van der Waals surface area (Å²) in [5.41, 5.74) is 17.2. The summed E-state index contributed by atoms with van der Waals surface area (Å²) in [4.78, 5) is 157. The van der Waals surface area contributed by atoms with Gasteiger partial charge in [0.25, 0.3) is 0 Å². The first-order valence-corrected chi connectivity index (χ1v) is 25.7. The van der Waals surface area contributed by atoms with Crippen LogP contribution in [-0.2, 0) is 64.0 Å². The number of carbonyl (C=O) groups is 12. The highest BCUT2D eigenvalue weighted by atomic mass is 16.4. The number of carboxylic acids is 2. The molecule has 0 aliphatic rings. The average Bonchev–Trinajstić information content (AvgIpc) is 3.36. The second-order valence-electron chi connectivity index (χ2n) is 19.7. The molecule has 19 N–H and O–H groups in total. The van der Waals surface area contributed by atoms with Gasteiger partial charge < -0.3 is 85.5 Å². The Kier molecular flexibility index (Phi) is 30.4. The smallest absolute Gasteiger partial charge is 0.326 e. The molecule has 0 bridgehead atoms. The monoisotopic (exact) mass is 1110 g/mol. The molecule has 78 heavy (non-hydrogen) atoms. The Balaban J connectivity index is 3.38. The molecule has 10 amide bonds. The number of aliphatic hydroxyl groups is 2. The van der Waals surface area contributed by atoms with Crippen LogP contribution in [0.25, 0.3) is 0 Å². The number of nitrogens with one attached hydrogen (secondary N) is 9. The average molecular weight is 1110 g/mol. The minimum atomic E-state index is -1.82. The molecule has 12 atom stereocenters. The Hall–Kier alpha value is -7.30. The van der Waals surface area contributed by atoms with E-state index in [1.165, 1.54) is 20.8 Å². The zero-order valence-corrected chi connectivity index (χ0v) is 45.5. The van der Waals surface area contributed by atoms with Crippen molar-refractivity contribution in [2.24, 2.45) is 35.0 Å². The van der Waals surface area contributed by atoms with E-state index in [4.69, 9.17) is 17.2 Å². The molecule has 0 spiro atoms. The number of amides is 10. The van der Waals surface area contributed by atoms with Crippen LogP contribution in [0.1, 0.15) is 106 Å². The fraction of sp³-hybridized carbons (Fsp3) is 0.640. The predicted octanol–water partition coefficient (Wildman–Crippen LogP) is -4.38. The molecule has 0 aliphatic carbocycles. The van der Waals surface area contributed by atoms with Gasteiger partial charge in [0, 0.05) is 12.8 Å². The van der Waals surface area contributed by atoms with Gasteiger partial charge >= 0.3 is 11.9 Å². The van der Waals surface area contributed by atoms with E-state index in [0.717, 1.165) is 6.92 Å². The first-order chi connectivity index (χ1) is 36.5. The van der Waals surface area contributed by atoms with Gasteiger partial charge in [0.15, 0.2) is 0 Å². The van der Waals surface area contributed by atoms with Gasteiger partial charge in [-0.1, -0.05) is 78.3 Å². The molecule has 0 heterocycles. The third-order valence-corrected chi connectivity index (χ3v) is 12.4. The van der Waals surface area contributed by atoms with Gasteiger partial charge in [-0.3, -0.25) is 52.7 Å². The number of aliphatic hydroxyl groups excluding tert-OH is 2. The molecule has 0 aliphatic heterocycles. The summed E-state index contributed by atoms with van der Waals surface area (Å²) in [6.07, 6.45) is -1.97. The fourth-order valence-electron chi connectivity index (χ4n) is 7.47. The Morgan fingerprint density at radius 3 is 1.53 bits per heavy atom. The quantitative estimate of drug-likeness (QED) is 0.0282. The topological polar surface area (TPSA) is 472 Å². The highest BCUT2D eigenvalue weighted by molar-refractivity contribution is 5.99.